The highest BCUT2D eigenvalue weighted by Gasteiger charge is 2.23. The monoisotopic (exact) mass is 311 g/mol. The molecule has 0 atom stereocenters. The molecule has 0 unspecified atom stereocenters. The molecule has 0 radical (unpaired) electrons. The number of nitrogens with zero attached hydrogens (tertiary/aromatic N) is 4. The van der Waals surface area contributed by atoms with Gasteiger partial charge >= 0.3 is 5.97 Å². The zero-order valence-corrected chi connectivity index (χ0v) is 13.1. The van der Waals surface area contributed by atoms with Crippen LogP contribution in [0.2, 0.25) is 0 Å². The lowest BCUT2D eigenvalue weighted by Gasteiger charge is -2.19. The maximum atomic E-state index is 11.0. The number of hydrogen-bond donors (Lipinski definition) is 2. The molecule has 0 amide bonds. The second-order valence-electron chi connectivity index (χ2n) is 6.27. The van der Waals surface area contributed by atoms with Crippen molar-refractivity contribution in [2.24, 2.45) is 0 Å². The van der Waals surface area contributed by atoms with Crippen LogP contribution in [0.3, 0.4) is 0 Å². The number of fused-ring (bicyclic) bond motifs is 1. The predicted molar refractivity (Wildman–Crippen MR) is 87.1 cm³/mol. The van der Waals surface area contributed by atoms with Gasteiger partial charge in [0.2, 0.25) is 0 Å². The fraction of sp³-hybridized carbons (Fsp3) is 0.250. The minimum Gasteiger partial charge on any atom is -0.478 e. The standard InChI is InChI=1S/C16H17N5O2/c1-16(2,3)21-14-11(13(17)18-8-19-14)12(20-21)9-4-6-10(7-5-9)15(22)23/h4-8H,1-3H3,(H,22,23)(H2,17,18,19). The van der Waals surface area contributed by atoms with E-state index in [-0.39, 0.29) is 11.1 Å². The van der Waals surface area contributed by atoms with Crippen LogP contribution in [0.4, 0.5) is 5.82 Å². The Balaban J connectivity index is 2.27. The zero-order valence-electron chi connectivity index (χ0n) is 13.1. The lowest BCUT2D eigenvalue weighted by molar-refractivity contribution is 0.0697. The van der Waals surface area contributed by atoms with E-state index in [0.717, 1.165) is 5.56 Å². The number of nitrogens with two attached hydrogens (primary N) is 1. The van der Waals surface area contributed by atoms with Crippen molar-refractivity contribution in [2.75, 3.05) is 5.73 Å². The summed E-state index contributed by atoms with van der Waals surface area (Å²) in [6.07, 6.45) is 1.42. The Labute approximate surface area is 132 Å². The SMILES string of the molecule is CC(C)(C)n1nc(-c2ccc(C(=O)O)cc2)c2c(N)ncnc21. The van der Waals surface area contributed by atoms with Gasteiger partial charge in [0.15, 0.2) is 5.65 Å². The second kappa shape index (κ2) is 5.05. The van der Waals surface area contributed by atoms with E-state index in [1.165, 1.54) is 6.33 Å². The molecule has 0 aliphatic heterocycles. The Kier molecular flexibility index (Phi) is 3.28. The van der Waals surface area contributed by atoms with E-state index in [2.05, 4.69) is 15.1 Å². The first-order valence-electron chi connectivity index (χ1n) is 7.12. The second-order valence-corrected chi connectivity index (χ2v) is 6.27. The Morgan fingerprint density at radius 3 is 2.39 bits per heavy atom. The minimum atomic E-state index is -0.968. The van der Waals surface area contributed by atoms with Crippen LogP contribution in [0.15, 0.2) is 30.6 Å². The van der Waals surface area contributed by atoms with Gasteiger partial charge < -0.3 is 10.8 Å². The first-order valence-corrected chi connectivity index (χ1v) is 7.12. The number of carboxylic acid groups (broad SMARTS) is 1. The summed E-state index contributed by atoms with van der Waals surface area (Å²) in [7, 11) is 0. The molecule has 0 saturated carbocycles. The minimum absolute atomic E-state index is 0.220. The van der Waals surface area contributed by atoms with Crippen molar-refractivity contribution in [2.45, 2.75) is 26.3 Å². The lowest BCUT2D eigenvalue weighted by atomic mass is 10.1. The van der Waals surface area contributed by atoms with Gasteiger partial charge in [-0.05, 0) is 32.9 Å². The van der Waals surface area contributed by atoms with E-state index in [0.29, 0.717) is 22.5 Å². The molecule has 0 aliphatic rings. The highest BCUT2D eigenvalue weighted by Crippen LogP contribution is 2.32. The summed E-state index contributed by atoms with van der Waals surface area (Å²) >= 11 is 0. The third-order valence-corrected chi connectivity index (χ3v) is 3.53. The van der Waals surface area contributed by atoms with Gasteiger partial charge in [-0.2, -0.15) is 5.10 Å². The van der Waals surface area contributed by atoms with Crippen molar-refractivity contribution in [3.05, 3.63) is 36.2 Å². The molecule has 23 heavy (non-hydrogen) atoms. The Bertz CT molecular complexity index is 891. The smallest absolute Gasteiger partial charge is 0.335 e. The van der Waals surface area contributed by atoms with Crippen LogP contribution in [0, 0.1) is 0 Å². The van der Waals surface area contributed by atoms with Gasteiger partial charge in [0.25, 0.3) is 0 Å². The first kappa shape index (κ1) is 15.0. The number of carboxylic acids is 1. The van der Waals surface area contributed by atoms with Gasteiger partial charge in [-0.25, -0.2) is 19.4 Å². The molecule has 0 fully saturated rings. The summed E-state index contributed by atoms with van der Waals surface area (Å²) in [5.74, 6) is -0.618. The van der Waals surface area contributed by atoms with Gasteiger partial charge in [-0.3, -0.25) is 0 Å². The number of carbonyl (C=O) groups is 1. The van der Waals surface area contributed by atoms with Crippen molar-refractivity contribution >= 4 is 22.8 Å². The number of nitrogen functional groups attached to an aromatic ring is 1. The van der Waals surface area contributed by atoms with Crippen molar-refractivity contribution < 1.29 is 9.90 Å². The quantitative estimate of drug-likeness (QED) is 0.753. The third kappa shape index (κ3) is 2.50. The fourth-order valence-electron chi connectivity index (χ4n) is 2.42. The van der Waals surface area contributed by atoms with Gasteiger partial charge in [-0.15, -0.1) is 0 Å². The van der Waals surface area contributed by atoms with Crippen LogP contribution in [-0.4, -0.2) is 30.8 Å². The molecule has 0 spiro atoms. The normalized spacial score (nSPS) is 11.8. The highest BCUT2D eigenvalue weighted by molar-refractivity contribution is 5.98. The van der Waals surface area contributed by atoms with Crippen LogP contribution in [0.25, 0.3) is 22.3 Å². The highest BCUT2D eigenvalue weighted by atomic mass is 16.4. The number of aromatic carboxylic acids is 1. The molecule has 0 aliphatic carbocycles. The third-order valence-electron chi connectivity index (χ3n) is 3.53. The Morgan fingerprint density at radius 2 is 1.83 bits per heavy atom. The summed E-state index contributed by atoms with van der Waals surface area (Å²) in [5, 5.41) is 14.3. The molecule has 0 bridgehead atoms. The molecule has 1 aromatic carbocycles. The molecule has 3 aromatic rings. The molecule has 118 valence electrons. The molecule has 3 N–H and O–H groups in total. The van der Waals surface area contributed by atoms with Crippen LogP contribution >= 0.6 is 0 Å². The van der Waals surface area contributed by atoms with Crippen LogP contribution in [-0.2, 0) is 5.54 Å². The number of benzene rings is 1. The van der Waals surface area contributed by atoms with E-state index in [1.54, 1.807) is 28.9 Å². The van der Waals surface area contributed by atoms with Crippen molar-refractivity contribution in [3.8, 4) is 11.3 Å². The van der Waals surface area contributed by atoms with Crippen molar-refractivity contribution in [3.63, 3.8) is 0 Å². The van der Waals surface area contributed by atoms with Gasteiger partial charge in [0.1, 0.15) is 17.8 Å². The van der Waals surface area contributed by atoms with E-state index < -0.39 is 5.97 Å². The van der Waals surface area contributed by atoms with E-state index in [1.807, 2.05) is 20.8 Å². The maximum absolute atomic E-state index is 11.0. The lowest BCUT2D eigenvalue weighted by Crippen LogP contribution is -2.23. The molecule has 7 heteroatoms. The molecular weight excluding hydrogens is 294 g/mol. The topological polar surface area (TPSA) is 107 Å². The van der Waals surface area contributed by atoms with E-state index in [9.17, 15) is 4.79 Å². The number of aromatic nitrogens is 4. The Morgan fingerprint density at radius 1 is 1.17 bits per heavy atom. The molecule has 3 rings (SSSR count). The molecular formula is C16H17N5O2. The Hall–Kier alpha value is -2.96. The average molecular weight is 311 g/mol. The van der Waals surface area contributed by atoms with E-state index >= 15 is 0 Å². The van der Waals surface area contributed by atoms with Gasteiger partial charge in [-0.1, -0.05) is 12.1 Å². The largest absolute Gasteiger partial charge is 0.478 e. The van der Waals surface area contributed by atoms with Crippen molar-refractivity contribution in [1.29, 1.82) is 0 Å². The first-order chi connectivity index (χ1) is 10.8. The number of anilines is 1. The summed E-state index contributed by atoms with van der Waals surface area (Å²) < 4.78 is 1.81. The average Bonchev–Trinajstić information content (AvgIpc) is 2.88. The zero-order chi connectivity index (χ0) is 16.8. The van der Waals surface area contributed by atoms with Crippen LogP contribution in [0.5, 0.6) is 0 Å². The predicted octanol–water partition coefficient (Wildman–Crippen LogP) is 2.53. The molecule has 2 heterocycles. The number of hydrogen-bond acceptors (Lipinski definition) is 5. The van der Waals surface area contributed by atoms with Gasteiger partial charge in [0, 0.05) is 5.56 Å². The van der Waals surface area contributed by atoms with Crippen molar-refractivity contribution in [1.82, 2.24) is 19.7 Å². The summed E-state index contributed by atoms with van der Waals surface area (Å²) in [6.45, 7) is 6.07. The fourth-order valence-corrected chi connectivity index (χ4v) is 2.42. The van der Waals surface area contributed by atoms with Gasteiger partial charge in [0.05, 0.1) is 16.5 Å². The molecule has 2 aromatic heterocycles. The van der Waals surface area contributed by atoms with Crippen LogP contribution in [0.1, 0.15) is 31.1 Å². The molecule has 0 saturated heterocycles. The van der Waals surface area contributed by atoms with E-state index in [4.69, 9.17) is 10.8 Å². The number of rotatable bonds is 2. The van der Waals surface area contributed by atoms with Crippen LogP contribution < -0.4 is 5.73 Å². The maximum Gasteiger partial charge on any atom is 0.335 e. The summed E-state index contributed by atoms with van der Waals surface area (Å²) in [6, 6.07) is 6.51. The summed E-state index contributed by atoms with van der Waals surface area (Å²) in [5.41, 5.74) is 8.04. The molecule has 7 nitrogen and oxygen atoms in total. The summed E-state index contributed by atoms with van der Waals surface area (Å²) in [4.78, 5) is 19.4.